The maximum Gasteiger partial charge on any atom is 0.280 e. The van der Waals surface area contributed by atoms with E-state index in [1.54, 1.807) is 0 Å². The molecular formula is C11H17BrN2O3S2. The second-order valence-corrected chi connectivity index (χ2v) is 8.02. The summed E-state index contributed by atoms with van der Waals surface area (Å²) < 4.78 is 29.4. The van der Waals surface area contributed by atoms with Crippen LogP contribution in [0.15, 0.2) is 15.9 Å². The molecule has 5 nitrogen and oxygen atoms in total. The quantitative estimate of drug-likeness (QED) is 0.830. The van der Waals surface area contributed by atoms with Gasteiger partial charge in [-0.25, -0.2) is 0 Å². The summed E-state index contributed by atoms with van der Waals surface area (Å²) >= 11 is 4.88. The maximum atomic E-state index is 12.3. The molecule has 108 valence electrons. The standard InChI is InChI=1S/C11H17BrN2O3S2/c12-10-4-6-18-11(10)7-13-19(16,17)14-5-2-1-3-9(14)8-15/h4,6,9,13,15H,1-3,5,7-8H2. The van der Waals surface area contributed by atoms with Crippen LogP contribution in [-0.4, -0.2) is 37.0 Å². The van der Waals surface area contributed by atoms with Crippen molar-refractivity contribution in [2.24, 2.45) is 0 Å². The molecule has 1 aromatic heterocycles. The summed E-state index contributed by atoms with van der Waals surface area (Å²) in [5, 5.41) is 11.2. The predicted molar refractivity (Wildman–Crippen MR) is 79.2 cm³/mol. The van der Waals surface area contributed by atoms with Gasteiger partial charge in [-0.2, -0.15) is 17.4 Å². The molecule has 2 rings (SSSR count). The summed E-state index contributed by atoms with van der Waals surface area (Å²) in [6.07, 6.45) is 2.54. The van der Waals surface area contributed by atoms with Crippen LogP contribution in [0.25, 0.3) is 0 Å². The Morgan fingerprint density at radius 1 is 1.53 bits per heavy atom. The number of thiophene rings is 1. The first-order valence-corrected chi connectivity index (χ1v) is 9.25. The normalized spacial score (nSPS) is 21.7. The van der Waals surface area contributed by atoms with Crippen molar-refractivity contribution in [1.82, 2.24) is 9.03 Å². The van der Waals surface area contributed by atoms with Gasteiger partial charge in [-0.1, -0.05) is 6.42 Å². The SMILES string of the molecule is O=S(=O)(NCc1sccc1Br)N1CCCCC1CO. The van der Waals surface area contributed by atoms with Crippen molar-refractivity contribution in [3.63, 3.8) is 0 Å². The molecule has 8 heteroatoms. The third kappa shape index (κ3) is 3.77. The minimum Gasteiger partial charge on any atom is -0.395 e. The smallest absolute Gasteiger partial charge is 0.280 e. The molecule has 0 aliphatic carbocycles. The van der Waals surface area contributed by atoms with E-state index in [2.05, 4.69) is 20.7 Å². The molecular weight excluding hydrogens is 352 g/mol. The van der Waals surface area contributed by atoms with Crippen molar-refractivity contribution < 1.29 is 13.5 Å². The van der Waals surface area contributed by atoms with E-state index in [1.165, 1.54) is 15.6 Å². The third-order valence-electron chi connectivity index (χ3n) is 3.20. The van der Waals surface area contributed by atoms with Gasteiger partial charge in [0.05, 0.1) is 6.61 Å². The summed E-state index contributed by atoms with van der Waals surface area (Å²) in [5.74, 6) is 0. The van der Waals surface area contributed by atoms with Crippen molar-refractivity contribution in [3.8, 4) is 0 Å². The van der Waals surface area contributed by atoms with Crippen LogP contribution >= 0.6 is 27.3 Å². The molecule has 0 bridgehead atoms. The van der Waals surface area contributed by atoms with Gasteiger partial charge in [-0.15, -0.1) is 11.3 Å². The van der Waals surface area contributed by atoms with Crippen molar-refractivity contribution in [2.75, 3.05) is 13.2 Å². The van der Waals surface area contributed by atoms with Crippen LogP contribution in [0.2, 0.25) is 0 Å². The van der Waals surface area contributed by atoms with E-state index in [-0.39, 0.29) is 19.2 Å². The van der Waals surface area contributed by atoms with Gasteiger partial charge in [0.15, 0.2) is 0 Å². The van der Waals surface area contributed by atoms with Gasteiger partial charge >= 0.3 is 0 Å². The summed E-state index contributed by atoms with van der Waals surface area (Å²) in [6, 6.07) is 1.60. The van der Waals surface area contributed by atoms with Gasteiger partial charge in [-0.05, 0) is 40.2 Å². The Balaban J connectivity index is 2.03. The lowest BCUT2D eigenvalue weighted by molar-refractivity contribution is 0.154. The number of hydrogen-bond acceptors (Lipinski definition) is 4. The maximum absolute atomic E-state index is 12.3. The zero-order valence-corrected chi connectivity index (χ0v) is 13.6. The number of aliphatic hydroxyl groups is 1. The van der Waals surface area contributed by atoms with Gasteiger partial charge in [0.1, 0.15) is 0 Å². The third-order valence-corrected chi connectivity index (χ3v) is 6.73. The predicted octanol–water partition coefficient (Wildman–Crippen LogP) is 1.69. The molecule has 0 amide bonds. The average Bonchev–Trinajstić information content (AvgIpc) is 2.82. The van der Waals surface area contributed by atoms with Crippen LogP contribution in [0.3, 0.4) is 0 Å². The molecule has 1 unspecified atom stereocenters. The Morgan fingerprint density at radius 2 is 2.32 bits per heavy atom. The van der Waals surface area contributed by atoms with E-state index >= 15 is 0 Å². The number of halogens is 1. The molecule has 0 saturated carbocycles. The molecule has 0 radical (unpaired) electrons. The highest BCUT2D eigenvalue weighted by atomic mass is 79.9. The average molecular weight is 369 g/mol. The summed E-state index contributed by atoms with van der Waals surface area (Å²) in [6.45, 7) is 0.630. The van der Waals surface area contributed by atoms with Gasteiger partial charge < -0.3 is 5.11 Å². The van der Waals surface area contributed by atoms with E-state index in [9.17, 15) is 13.5 Å². The first kappa shape index (κ1) is 15.4. The highest BCUT2D eigenvalue weighted by Crippen LogP contribution is 2.23. The minimum atomic E-state index is -3.53. The lowest BCUT2D eigenvalue weighted by Crippen LogP contribution is -2.50. The van der Waals surface area contributed by atoms with E-state index in [0.29, 0.717) is 6.54 Å². The molecule has 1 atom stereocenters. The zero-order valence-electron chi connectivity index (χ0n) is 10.4. The van der Waals surface area contributed by atoms with Gasteiger partial charge in [0, 0.05) is 28.5 Å². The minimum absolute atomic E-state index is 0.121. The van der Waals surface area contributed by atoms with E-state index < -0.39 is 10.2 Å². The number of piperidine rings is 1. The van der Waals surface area contributed by atoms with Crippen LogP contribution in [0.5, 0.6) is 0 Å². The first-order chi connectivity index (χ1) is 9.04. The summed E-state index contributed by atoms with van der Waals surface area (Å²) in [5.41, 5.74) is 0. The van der Waals surface area contributed by atoms with Gasteiger partial charge in [0.2, 0.25) is 0 Å². The fraction of sp³-hybridized carbons (Fsp3) is 0.636. The molecule has 19 heavy (non-hydrogen) atoms. The van der Waals surface area contributed by atoms with Crippen molar-refractivity contribution in [3.05, 3.63) is 20.8 Å². The largest absolute Gasteiger partial charge is 0.395 e. The lowest BCUT2D eigenvalue weighted by atomic mass is 10.1. The van der Waals surface area contributed by atoms with Crippen LogP contribution in [0.1, 0.15) is 24.1 Å². The Hall–Kier alpha value is 0.01000. The number of rotatable bonds is 5. The van der Waals surface area contributed by atoms with Crippen LogP contribution < -0.4 is 4.72 Å². The monoisotopic (exact) mass is 368 g/mol. The molecule has 2 heterocycles. The van der Waals surface area contributed by atoms with Crippen molar-refractivity contribution in [1.29, 1.82) is 0 Å². The number of nitrogens with one attached hydrogen (secondary N) is 1. The Morgan fingerprint density at radius 3 is 2.95 bits per heavy atom. The molecule has 2 N–H and O–H groups in total. The Kier molecular flexibility index (Phi) is 5.38. The van der Waals surface area contributed by atoms with Crippen molar-refractivity contribution in [2.45, 2.75) is 31.8 Å². The highest BCUT2D eigenvalue weighted by Gasteiger charge is 2.31. The van der Waals surface area contributed by atoms with Gasteiger partial charge in [-0.3, -0.25) is 0 Å². The Bertz CT molecular complexity index is 518. The molecule has 0 spiro atoms. The molecule has 0 aromatic carbocycles. The summed E-state index contributed by atoms with van der Waals surface area (Å²) in [7, 11) is -3.53. The molecule has 1 saturated heterocycles. The number of nitrogens with zero attached hydrogens (tertiary/aromatic N) is 1. The summed E-state index contributed by atoms with van der Waals surface area (Å²) in [4.78, 5) is 0.945. The molecule has 1 aliphatic heterocycles. The zero-order chi connectivity index (χ0) is 13.9. The van der Waals surface area contributed by atoms with Crippen molar-refractivity contribution >= 4 is 37.5 Å². The fourth-order valence-corrected chi connectivity index (χ4v) is 5.11. The fourth-order valence-electron chi connectivity index (χ4n) is 2.16. The molecule has 1 aliphatic rings. The second kappa shape index (κ2) is 6.64. The lowest BCUT2D eigenvalue weighted by Gasteiger charge is -2.33. The highest BCUT2D eigenvalue weighted by molar-refractivity contribution is 9.10. The number of aliphatic hydroxyl groups excluding tert-OH is 1. The molecule has 1 aromatic rings. The van der Waals surface area contributed by atoms with E-state index in [4.69, 9.17) is 0 Å². The first-order valence-electron chi connectivity index (χ1n) is 6.14. The molecule has 1 fully saturated rings. The van der Waals surface area contributed by atoms with Gasteiger partial charge in [0.25, 0.3) is 10.2 Å². The van der Waals surface area contributed by atoms with Crippen LogP contribution in [-0.2, 0) is 16.8 Å². The number of hydrogen-bond donors (Lipinski definition) is 2. The van der Waals surface area contributed by atoms with E-state index in [1.807, 2.05) is 11.4 Å². The topological polar surface area (TPSA) is 69.6 Å². The Labute approximate surface area is 125 Å². The van der Waals surface area contributed by atoms with E-state index in [0.717, 1.165) is 28.6 Å². The van der Waals surface area contributed by atoms with Crippen LogP contribution in [0.4, 0.5) is 0 Å². The van der Waals surface area contributed by atoms with Crippen LogP contribution in [0, 0.1) is 0 Å². The second-order valence-electron chi connectivity index (χ2n) is 4.46.